The smallest absolute Gasteiger partial charge is 0.337 e. The van der Waals surface area contributed by atoms with Gasteiger partial charge in [0.15, 0.2) is 0 Å². The second-order valence-corrected chi connectivity index (χ2v) is 6.98. The average molecular weight is 321 g/mol. The Morgan fingerprint density at radius 1 is 1.27 bits per heavy atom. The van der Waals surface area contributed by atoms with Crippen LogP contribution in [0.1, 0.15) is 42.6 Å². The van der Waals surface area contributed by atoms with Crippen LogP contribution in [-0.2, 0) is 20.7 Å². The predicted molar refractivity (Wildman–Crippen MR) is 85.1 cm³/mol. The van der Waals surface area contributed by atoms with Gasteiger partial charge in [-0.2, -0.15) is 0 Å². The minimum atomic E-state index is -0.472. The number of hydrogen-bond donors (Lipinski definition) is 0. The van der Waals surface area contributed by atoms with Crippen LogP contribution in [0.5, 0.6) is 0 Å². The van der Waals surface area contributed by atoms with Gasteiger partial charge in [-0.3, -0.25) is 4.79 Å². The molecule has 0 saturated carbocycles. The molecule has 1 aromatic carbocycles. The molecular formula is C16H19NO4S. The van der Waals surface area contributed by atoms with Crippen molar-refractivity contribution >= 4 is 33.5 Å². The van der Waals surface area contributed by atoms with Crippen LogP contribution in [0.2, 0.25) is 0 Å². The summed E-state index contributed by atoms with van der Waals surface area (Å²) < 4.78 is 10.9. The Morgan fingerprint density at radius 2 is 2.00 bits per heavy atom. The molecule has 0 aliphatic rings. The number of esters is 2. The van der Waals surface area contributed by atoms with E-state index in [9.17, 15) is 9.59 Å². The maximum absolute atomic E-state index is 11.7. The highest BCUT2D eigenvalue weighted by Crippen LogP contribution is 2.24. The Hall–Kier alpha value is -1.95. The van der Waals surface area contributed by atoms with Gasteiger partial charge in [-0.25, -0.2) is 9.78 Å². The second-order valence-electron chi connectivity index (χ2n) is 5.87. The molecule has 0 N–H and O–H groups in total. The van der Waals surface area contributed by atoms with Crippen molar-refractivity contribution < 1.29 is 19.1 Å². The van der Waals surface area contributed by atoms with Crippen molar-refractivity contribution in [1.82, 2.24) is 4.98 Å². The van der Waals surface area contributed by atoms with Crippen molar-refractivity contribution in [2.75, 3.05) is 7.11 Å². The molecule has 1 heterocycles. The average Bonchev–Trinajstić information content (AvgIpc) is 2.84. The lowest BCUT2D eigenvalue weighted by atomic mass is 10.2. The molecule has 0 radical (unpaired) electrons. The number of fused-ring (bicyclic) bond motifs is 1. The van der Waals surface area contributed by atoms with Crippen LogP contribution in [0.15, 0.2) is 18.2 Å². The fraction of sp³-hybridized carbons (Fsp3) is 0.438. The summed E-state index contributed by atoms with van der Waals surface area (Å²) in [5.41, 5.74) is 0.842. The van der Waals surface area contributed by atoms with Crippen LogP contribution in [0.4, 0.5) is 0 Å². The van der Waals surface area contributed by atoms with E-state index in [-0.39, 0.29) is 11.9 Å². The van der Waals surface area contributed by atoms with Gasteiger partial charge in [0.1, 0.15) is 5.60 Å². The molecule has 1 aromatic heterocycles. The molecule has 2 rings (SSSR count). The number of thiazole rings is 1. The van der Waals surface area contributed by atoms with Gasteiger partial charge in [-0.1, -0.05) is 0 Å². The standard InChI is InChI=1S/C16H19NO4S/c1-16(2,3)21-14(18)8-7-13-17-11-6-5-10(15(19)20-4)9-12(11)22-13/h5-6,9H,7-8H2,1-4H3. The van der Waals surface area contributed by atoms with Crippen molar-refractivity contribution in [2.24, 2.45) is 0 Å². The lowest BCUT2D eigenvalue weighted by Gasteiger charge is -2.19. The fourth-order valence-corrected chi connectivity index (χ4v) is 2.93. The van der Waals surface area contributed by atoms with Gasteiger partial charge < -0.3 is 9.47 Å². The minimum Gasteiger partial charge on any atom is -0.465 e. The summed E-state index contributed by atoms with van der Waals surface area (Å²) in [6.07, 6.45) is 0.822. The van der Waals surface area contributed by atoms with E-state index in [4.69, 9.17) is 9.47 Å². The zero-order valence-electron chi connectivity index (χ0n) is 13.1. The predicted octanol–water partition coefficient (Wildman–Crippen LogP) is 3.36. The van der Waals surface area contributed by atoms with Gasteiger partial charge in [0.25, 0.3) is 0 Å². The summed E-state index contributed by atoms with van der Waals surface area (Å²) in [6, 6.07) is 5.23. The molecule has 2 aromatic rings. The van der Waals surface area contributed by atoms with Gasteiger partial charge in [-0.15, -0.1) is 11.3 Å². The molecule has 0 aliphatic carbocycles. The lowest BCUT2D eigenvalue weighted by molar-refractivity contribution is -0.154. The first-order valence-electron chi connectivity index (χ1n) is 6.98. The van der Waals surface area contributed by atoms with Crippen LogP contribution in [-0.4, -0.2) is 29.6 Å². The maximum Gasteiger partial charge on any atom is 0.337 e. The highest BCUT2D eigenvalue weighted by Gasteiger charge is 2.17. The zero-order chi connectivity index (χ0) is 16.3. The normalized spacial score (nSPS) is 11.5. The van der Waals surface area contributed by atoms with Crippen molar-refractivity contribution in [3.63, 3.8) is 0 Å². The number of carbonyl (C=O) groups excluding carboxylic acids is 2. The molecule has 0 fully saturated rings. The third kappa shape index (κ3) is 4.27. The van der Waals surface area contributed by atoms with Crippen LogP contribution in [0, 0.1) is 0 Å². The first kappa shape index (κ1) is 16.4. The maximum atomic E-state index is 11.7. The van der Waals surface area contributed by atoms with Crippen molar-refractivity contribution in [3.8, 4) is 0 Å². The third-order valence-electron chi connectivity index (χ3n) is 2.82. The van der Waals surface area contributed by atoms with Crippen LogP contribution in [0.25, 0.3) is 10.2 Å². The van der Waals surface area contributed by atoms with E-state index in [2.05, 4.69) is 4.98 Å². The zero-order valence-corrected chi connectivity index (χ0v) is 14.0. The Bertz CT molecular complexity index is 700. The quantitative estimate of drug-likeness (QED) is 0.808. The number of hydrogen-bond acceptors (Lipinski definition) is 6. The van der Waals surface area contributed by atoms with Gasteiger partial charge in [0.05, 0.1) is 34.3 Å². The van der Waals surface area contributed by atoms with Gasteiger partial charge >= 0.3 is 11.9 Å². The van der Waals surface area contributed by atoms with E-state index in [0.717, 1.165) is 15.2 Å². The number of nitrogens with zero attached hydrogens (tertiary/aromatic N) is 1. The number of benzene rings is 1. The van der Waals surface area contributed by atoms with Gasteiger partial charge in [0, 0.05) is 6.42 Å². The molecular weight excluding hydrogens is 302 g/mol. The third-order valence-corrected chi connectivity index (χ3v) is 3.89. The highest BCUT2D eigenvalue weighted by atomic mass is 32.1. The van der Waals surface area contributed by atoms with Crippen molar-refractivity contribution in [2.45, 2.75) is 39.2 Å². The Kier molecular flexibility index (Phi) is 4.81. The molecule has 6 heteroatoms. The SMILES string of the molecule is COC(=O)c1ccc2nc(CCC(=O)OC(C)(C)C)sc2c1. The van der Waals surface area contributed by atoms with Crippen molar-refractivity contribution in [1.29, 1.82) is 0 Å². The fourth-order valence-electron chi connectivity index (χ4n) is 1.93. The van der Waals surface area contributed by atoms with E-state index < -0.39 is 5.60 Å². The molecule has 22 heavy (non-hydrogen) atoms. The monoisotopic (exact) mass is 321 g/mol. The molecule has 118 valence electrons. The molecule has 0 unspecified atom stereocenters. The largest absolute Gasteiger partial charge is 0.465 e. The number of methoxy groups -OCH3 is 1. The van der Waals surface area contributed by atoms with Crippen LogP contribution in [0.3, 0.4) is 0 Å². The summed E-state index contributed by atoms with van der Waals surface area (Å²) in [4.78, 5) is 27.7. The lowest BCUT2D eigenvalue weighted by Crippen LogP contribution is -2.23. The Labute approximate surface area is 133 Å². The van der Waals surface area contributed by atoms with E-state index in [0.29, 0.717) is 18.4 Å². The molecule has 0 aliphatic heterocycles. The number of ether oxygens (including phenoxy) is 2. The number of carbonyl (C=O) groups is 2. The van der Waals surface area contributed by atoms with Crippen LogP contribution < -0.4 is 0 Å². The van der Waals surface area contributed by atoms with E-state index >= 15 is 0 Å². The second kappa shape index (κ2) is 6.44. The number of aromatic nitrogens is 1. The van der Waals surface area contributed by atoms with Gasteiger partial charge in [-0.05, 0) is 39.0 Å². The molecule has 5 nitrogen and oxygen atoms in total. The van der Waals surface area contributed by atoms with Gasteiger partial charge in [0.2, 0.25) is 0 Å². The molecule has 0 bridgehead atoms. The summed E-state index contributed by atoms with van der Waals surface area (Å²) in [6.45, 7) is 5.53. The molecule has 0 atom stereocenters. The number of rotatable bonds is 4. The highest BCUT2D eigenvalue weighted by molar-refractivity contribution is 7.18. The molecule has 0 saturated heterocycles. The summed E-state index contributed by atoms with van der Waals surface area (Å²) >= 11 is 1.47. The molecule has 0 amide bonds. The minimum absolute atomic E-state index is 0.234. The molecule has 0 spiro atoms. The first-order chi connectivity index (χ1) is 10.3. The van der Waals surface area contributed by atoms with E-state index in [1.807, 2.05) is 20.8 Å². The van der Waals surface area contributed by atoms with Crippen molar-refractivity contribution in [3.05, 3.63) is 28.8 Å². The summed E-state index contributed by atoms with van der Waals surface area (Å²) in [5.74, 6) is -0.604. The number of aryl methyl sites for hydroxylation is 1. The summed E-state index contributed by atoms with van der Waals surface area (Å²) in [5, 5.41) is 0.850. The Balaban J connectivity index is 2.07. The summed E-state index contributed by atoms with van der Waals surface area (Å²) in [7, 11) is 1.35. The van der Waals surface area contributed by atoms with Crippen LogP contribution >= 0.6 is 11.3 Å². The topological polar surface area (TPSA) is 65.5 Å². The van der Waals surface area contributed by atoms with E-state index in [1.54, 1.807) is 18.2 Å². The first-order valence-corrected chi connectivity index (χ1v) is 7.80. The Morgan fingerprint density at radius 3 is 2.64 bits per heavy atom. The van der Waals surface area contributed by atoms with E-state index in [1.165, 1.54) is 18.4 Å².